The Labute approximate surface area is 195 Å². The maximum atomic E-state index is 6.33. The number of aromatic amines is 1. The molecule has 11 heteroatoms. The molecular formula is C23H25N7O4. The molecular weight excluding hydrogens is 438 g/mol. The lowest BCUT2D eigenvalue weighted by molar-refractivity contribution is 0.229. The largest absolute Gasteiger partial charge is 0.496 e. The van der Waals surface area contributed by atoms with Crippen LogP contribution < -0.4 is 14.4 Å². The first-order valence-electron chi connectivity index (χ1n) is 11.3. The minimum Gasteiger partial charge on any atom is -0.496 e. The van der Waals surface area contributed by atoms with Crippen molar-refractivity contribution >= 4 is 22.8 Å². The first-order valence-corrected chi connectivity index (χ1v) is 11.3. The SMILES string of the molecule is COC1=Nn2cc(-c3cc4c(OCC5CCCN(c6ncn[nH]6)C5)cc(OC)cc4o3)nc2C1. The van der Waals surface area contributed by atoms with E-state index in [0.717, 1.165) is 48.8 Å². The Morgan fingerprint density at radius 1 is 1.21 bits per heavy atom. The predicted molar refractivity (Wildman–Crippen MR) is 124 cm³/mol. The molecule has 3 aromatic heterocycles. The highest BCUT2D eigenvalue weighted by Gasteiger charge is 2.24. The number of piperidine rings is 1. The summed E-state index contributed by atoms with van der Waals surface area (Å²) in [5.41, 5.74) is 1.40. The topological polar surface area (TPSA) is 116 Å². The molecule has 0 bridgehead atoms. The van der Waals surface area contributed by atoms with E-state index in [2.05, 4.69) is 30.2 Å². The van der Waals surface area contributed by atoms with Gasteiger partial charge in [0.15, 0.2) is 5.76 Å². The van der Waals surface area contributed by atoms with Crippen LogP contribution in [0.1, 0.15) is 18.7 Å². The highest BCUT2D eigenvalue weighted by Crippen LogP contribution is 2.37. The zero-order valence-corrected chi connectivity index (χ0v) is 19.0. The van der Waals surface area contributed by atoms with Gasteiger partial charge in [-0.3, -0.25) is 0 Å². The first-order chi connectivity index (χ1) is 16.7. The average Bonchev–Trinajstić information content (AvgIpc) is 3.64. The van der Waals surface area contributed by atoms with Crippen molar-refractivity contribution in [3.05, 3.63) is 36.5 Å². The molecule has 1 N–H and O–H groups in total. The summed E-state index contributed by atoms with van der Waals surface area (Å²) >= 11 is 0. The molecule has 5 heterocycles. The minimum absolute atomic E-state index is 0.371. The van der Waals surface area contributed by atoms with E-state index >= 15 is 0 Å². The van der Waals surface area contributed by atoms with Crippen molar-refractivity contribution in [2.75, 3.05) is 38.8 Å². The highest BCUT2D eigenvalue weighted by atomic mass is 16.5. The van der Waals surface area contributed by atoms with Crippen LogP contribution >= 0.6 is 0 Å². The van der Waals surface area contributed by atoms with E-state index in [1.807, 2.05) is 24.4 Å². The second-order valence-electron chi connectivity index (χ2n) is 8.48. The maximum Gasteiger partial charge on any atom is 0.221 e. The third-order valence-corrected chi connectivity index (χ3v) is 6.28. The lowest BCUT2D eigenvalue weighted by Gasteiger charge is -2.32. The number of hydrogen-bond acceptors (Lipinski definition) is 9. The van der Waals surface area contributed by atoms with E-state index in [-0.39, 0.29) is 0 Å². The Bertz CT molecular complexity index is 1340. The molecule has 6 rings (SSSR count). The fraction of sp³-hybridized carbons (Fsp3) is 0.391. The van der Waals surface area contributed by atoms with Crippen molar-refractivity contribution in [3.63, 3.8) is 0 Å². The van der Waals surface area contributed by atoms with Crippen LogP contribution in [0.25, 0.3) is 22.4 Å². The van der Waals surface area contributed by atoms with Gasteiger partial charge in [0.2, 0.25) is 11.8 Å². The fourth-order valence-corrected chi connectivity index (χ4v) is 4.54. The van der Waals surface area contributed by atoms with Gasteiger partial charge in [-0.1, -0.05) is 0 Å². The molecule has 0 radical (unpaired) electrons. The summed E-state index contributed by atoms with van der Waals surface area (Å²) in [5, 5.41) is 12.2. The van der Waals surface area contributed by atoms with E-state index in [4.69, 9.17) is 18.6 Å². The standard InChI is InChI=1S/C23H25N7O4/c1-31-15-6-18(33-12-14-4-3-5-29(10-14)23-24-13-25-27-23)16-8-20(34-19(16)7-15)17-11-30-21(26-17)9-22(28-30)32-2/h6-8,11,13-14H,3-5,9-10,12H2,1-2H3,(H,24,25,27). The normalized spacial score (nSPS) is 17.6. The molecule has 1 unspecified atom stereocenters. The Balaban J connectivity index is 1.24. The highest BCUT2D eigenvalue weighted by molar-refractivity contribution is 5.89. The summed E-state index contributed by atoms with van der Waals surface area (Å²) in [6.45, 7) is 2.41. The van der Waals surface area contributed by atoms with Gasteiger partial charge >= 0.3 is 0 Å². The van der Waals surface area contributed by atoms with Gasteiger partial charge in [-0.15, -0.1) is 5.10 Å². The number of anilines is 1. The summed E-state index contributed by atoms with van der Waals surface area (Å²) in [4.78, 5) is 11.2. The van der Waals surface area contributed by atoms with Gasteiger partial charge in [0.25, 0.3) is 0 Å². The number of furan rings is 1. The zero-order valence-electron chi connectivity index (χ0n) is 19.0. The summed E-state index contributed by atoms with van der Waals surface area (Å²) in [7, 11) is 3.25. The molecule has 1 fully saturated rings. The number of H-pyrrole nitrogens is 1. The van der Waals surface area contributed by atoms with Gasteiger partial charge in [0.05, 0.1) is 38.8 Å². The fourth-order valence-electron chi connectivity index (χ4n) is 4.54. The van der Waals surface area contributed by atoms with E-state index in [9.17, 15) is 0 Å². The lowest BCUT2D eigenvalue weighted by Crippen LogP contribution is -2.38. The van der Waals surface area contributed by atoms with Crippen LogP contribution in [-0.2, 0) is 11.2 Å². The lowest BCUT2D eigenvalue weighted by atomic mass is 9.99. The van der Waals surface area contributed by atoms with Crippen LogP contribution in [0.2, 0.25) is 0 Å². The Morgan fingerprint density at radius 3 is 2.94 bits per heavy atom. The van der Waals surface area contributed by atoms with Gasteiger partial charge < -0.3 is 23.5 Å². The molecule has 34 heavy (non-hydrogen) atoms. The Morgan fingerprint density at radius 2 is 2.15 bits per heavy atom. The molecule has 2 aliphatic rings. The van der Waals surface area contributed by atoms with Crippen molar-refractivity contribution in [3.8, 4) is 23.0 Å². The number of nitrogens with zero attached hydrogens (tertiary/aromatic N) is 6. The van der Waals surface area contributed by atoms with Gasteiger partial charge in [-0.05, 0) is 18.9 Å². The summed E-state index contributed by atoms with van der Waals surface area (Å²) in [6.07, 6.45) is 6.12. The first kappa shape index (κ1) is 20.6. The van der Waals surface area contributed by atoms with Crippen LogP contribution in [0.5, 0.6) is 11.5 Å². The second kappa shape index (κ2) is 8.40. The van der Waals surface area contributed by atoms with Gasteiger partial charge in [-0.25, -0.2) is 14.8 Å². The molecule has 0 aliphatic carbocycles. The maximum absolute atomic E-state index is 6.33. The quantitative estimate of drug-likeness (QED) is 0.464. The molecule has 11 nitrogen and oxygen atoms in total. The van der Waals surface area contributed by atoms with Crippen LogP contribution in [-0.4, -0.2) is 64.7 Å². The molecule has 1 atom stereocenters. The third-order valence-electron chi connectivity index (χ3n) is 6.28. The molecule has 176 valence electrons. The monoisotopic (exact) mass is 463 g/mol. The molecule has 1 aromatic carbocycles. The third kappa shape index (κ3) is 3.72. The van der Waals surface area contributed by atoms with Gasteiger partial charge in [0.1, 0.15) is 34.9 Å². The summed E-state index contributed by atoms with van der Waals surface area (Å²) in [5.74, 6) is 4.69. The predicted octanol–water partition coefficient (Wildman–Crippen LogP) is 3.08. The minimum atomic E-state index is 0.371. The van der Waals surface area contributed by atoms with E-state index in [1.165, 1.54) is 6.33 Å². The Kier molecular flexibility index (Phi) is 5.08. The summed E-state index contributed by atoms with van der Waals surface area (Å²) in [6, 6.07) is 5.73. The number of rotatable bonds is 6. The number of fused-ring (bicyclic) bond motifs is 2. The smallest absolute Gasteiger partial charge is 0.221 e. The molecule has 2 aliphatic heterocycles. The van der Waals surface area contributed by atoms with Crippen molar-refractivity contribution < 1.29 is 18.6 Å². The summed E-state index contributed by atoms with van der Waals surface area (Å²) < 4.78 is 24.9. The number of nitrogens with one attached hydrogen (secondary N) is 1. The number of imidazole rings is 1. The Hall–Kier alpha value is -4.02. The van der Waals surface area contributed by atoms with Crippen molar-refractivity contribution in [2.45, 2.75) is 19.3 Å². The molecule has 0 saturated carbocycles. The molecule has 0 amide bonds. The number of aromatic nitrogens is 5. The van der Waals surface area contributed by atoms with E-state index in [0.29, 0.717) is 47.6 Å². The van der Waals surface area contributed by atoms with Crippen LogP contribution in [0.15, 0.2) is 40.2 Å². The van der Waals surface area contributed by atoms with E-state index < -0.39 is 0 Å². The van der Waals surface area contributed by atoms with Crippen molar-refractivity contribution in [1.29, 1.82) is 0 Å². The van der Waals surface area contributed by atoms with Gasteiger partial charge in [-0.2, -0.15) is 10.1 Å². The van der Waals surface area contributed by atoms with E-state index in [1.54, 1.807) is 18.9 Å². The zero-order chi connectivity index (χ0) is 23.1. The van der Waals surface area contributed by atoms with Gasteiger partial charge in [0, 0.05) is 31.1 Å². The number of methoxy groups -OCH3 is 2. The number of ether oxygens (including phenoxy) is 3. The van der Waals surface area contributed by atoms with Crippen molar-refractivity contribution in [2.24, 2.45) is 11.0 Å². The van der Waals surface area contributed by atoms with Crippen molar-refractivity contribution in [1.82, 2.24) is 24.8 Å². The van der Waals surface area contributed by atoms with Crippen LogP contribution in [0, 0.1) is 5.92 Å². The molecule has 1 saturated heterocycles. The second-order valence-corrected chi connectivity index (χ2v) is 8.48. The average molecular weight is 463 g/mol. The van der Waals surface area contributed by atoms with Crippen LogP contribution in [0.4, 0.5) is 5.95 Å². The molecule has 0 spiro atoms. The number of hydrogen-bond donors (Lipinski definition) is 1. The van der Waals surface area contributed by atoms with Crippen LogP contribution in [0.3, 0.4) is 0 Å². The molecule has 4 aromatic rings. The number of benzene rings is 1.